The predicted molar refractivity (Wildman–Crippen MR) is 214 cm³/mol. The van der Waals surface area contributed by atoms with Crippen LogP contribution in [0, 0.1) is 0 Å². The molecule has 49 heavy (non-hydrogen) atoms. The van der Waals surface area contributed by atoms with E-state index in [0.29, 0.717) is 17.6 Å². The molecular weight excluding hydrogens is 606 g/mol. The molecule has 0 bridgehead atoms. The van der Waals surface area contributed by atoms with Crippen molar-refractivity contribution in [2.45, 2.75) is 206 Å². The maximum absolute atomic E-state index is 10.0. The summed E-state index contributed by atoms with van der Waals surface area (Å²) >= 11 is 0. The van der Waals surface area contributed by atoms with Crippen molar-refractivity contribution in [3.63, 3.8) is 0 Å². The average molecular weight is 695 g/mol. The third kappa shape index (κ3) is 38.3. The molecule has 0 radical (unpaired) electrons. The predicted octanol–water partition coefficient (Wildman–Crippen LogP) is 11.9. The fourth-order valence-corrected chi connectivity index (χ4v) is 6.67. The monoisotopic (exact) mass is 695 g/mol. The van der Waals surface area contributed by atoms with Crippen LogP contribution in [0.5, 0.6) is 0 Å². The molecule has 0 aromatic carbocycles. The number of likely N-dealkylation sites (N-methyl/N-ethyl adjacent to an activating group) is 1. The highest BCUT2D eigenvalue weighted by Gasteiger charge is 2.26. The van der Waals surface area contributed by atoms with Gasteiger partial charge in [0, 0.05) is 13.2 Å². The zero-order valence-corrected chi connectivity index (χ0v) is 33.7. The van der Waals surface area contributed by atoms with Gasteiger partial charge in [-0.1, -0.05) is 154 Å². The van der Waals surface area contributed by atoms with Crippen molar-refractivity contribution in [3.8, 4) is 0 Å². The highest BCUT2D eigenvalue weighted by molar-refractivity contribution is 4.82. The van der Waals surface area contributed by atoms with Gasteiger partial charge in [0.1, 0.15) is 25.3 Å². The van der Waals surface area contributed by atoms with Crippen LogP contribution in [0.3, 0.4) is 0 Å². The van der Waals surface area contributed by atoms with Gasteiger partial charge in [0.05, 0.1) is 27.3 Å². The van der Waals surface area contributed by atoms with E-state index >= 15 is 0 Å². The van der Waals surface area contributed by atoms with Crippen LogP contribution < -0.4 is 0 Å². The molecule has 1 unspecified atom stereocenters. The van der Waals surface area contributed by atoms with Crippen molar-refractivity contribution in [1.29, 1.82) is 0 Å². The molecular formula is C44H88NO4+. The lowest BCUT2D eigenvalue weighted by atomic mass is 10.1. The summed E-state index contributed by atoms with van der Waals surface area (Å²) in [6.45, 7) is 7.82. The number of allylic oxidation sites excluding steroid dienone is 4. The molecule has 0 aliphatic heterocycles. The number of aliphatic hydroxyl groups is 2. The van der Waals surface area contributed by atoms with Crippen molar-refractivity contribution in [2.75, 3.05) is 53.6 Å². The first kappa shape index (κ1) is 48.3. The number of hydrogen-bond donors (Lipinski definition) is 2. The van der Waals surface area contributed by atoms with Crippen molar-refractivity contribution < 1.29 is 24.2 Å². The summed E-state index contributed by atoms with van der Waals surface area (Å²) in [7, 11) is 4.20. The first-order valence-electron chi connectivity index (χ1n) is 21.5. The fraction of sp³-hybridized carbons (Fsp3) is 0.909. The SMILES string of the molecule is CCCCCCCCC=CCCCCCCCCOC[C@H](C[N+](C)(C)CC(O)CO)OCCCCCCCCC=CCCCCCCCC. The van der Waals surface area contributed by atoms with Gasteiger partial charge < -0.3 is 24.2 Å². The van der Waals surface area contributed by atoms with Crippen LogP contribution in [-0.2, 0) is 9.47 Å². The lowest BCUT2D eigenvalue weighted by molar-refractivity contribution is -0.896. The molecule has 0 saturated carbocycles. The van der Waals surface area contributed by atoms with E-state index in [2.05, 4.69) is 52.2 Å². The smallest absolute Gasteiger partial charge is 0.130 e. The molecule has 0 aromatic rings. The number of quaternary nitrogens is 1. The van der Waals surface area contributed by atoms with E-state index in [-0.39, 0.29) is 12.7 Å². The lowest BCUT2D eigenvalue weighted by Gasteiger charge is -2.34. The van der Waals surface area contributed by atoms with Gasteiger partial charge in [0.25, 0.3) is 0 Å². The maximum atomic E-state index is 10.0. The summed E-state index contributed by atoms with van der Waals surface area (Å²) in [6, 6.07) is 0. The second-order valence-corrected chi connectivity index (χ2v) is 15.6. The number of nitrogens with zero attached hydrogens (tertiary/aromatic N) is 1. The molecule has 0 rings (SSSR count). The van der Waals surface area contributed by atoms with Crippen LogP contribution in [0.2, 0.25) is 0 Å². The zero-order chi connectivity index (χ0) is 35.9. The van der Waals surface area contributed by atoms with Crippen LogP contribution in [0.15, 0.2) is 24.3 Å². The van der Waals surface area contributed by atoms with E-state index in [0.717, 1.165) is 32.6 Å². The molecule has 292 valence electrons. The molecule has 0 heterocycles. The van der Waals surface area contributed by atoms with Crippen molar-refractivity contribution in [1.82, 2.24) is 0 Å². The first-order valence-corrected chi connectivity index (χ1v) is 21.5. The maximum Gasteiger partial charge on any atom is 0.130 e. The molecule has 0 aliphatic rings. The van der Waals surface area contributed by atoms with E-state index in [1.54, 1.807) is 0 Å². The van der Waals surface area contributed by atoms with Crippen LogP contribution in [0.25, 0.3) is 0 Å². The highest BCUT2D eigenvalue weighted by Crippen LogP contribution is 2.13. The largest absolute Gasteiger partial charge is 0.393 e. The summed E-state index contributed by atoms with van der Waals surface area (Å²) in [6.07, 6.45) is 45.7. The van der Waals surface area contributed by atoms with Gasteiger partial charge in [-0.15, -0.1) is 0 Å². The third-order valence-electron chi connectivity index (χ3n) is 9.73. The minimum atomic E-state index is -0.700. The minimum Gasteiger partial charge on any atom is -0.393 e. The Kier molecular flexibility index (Phi) is 37.9. The highest BCUT2D eigenvalue weighted by atomic mass is 16.5. The van der Waals surface area contributed by atoms with Gasteiger partial charge in [-0.05, 0) is 64.2 Å². The Hall–Kier alpha value is -0.720. The second kappa shape index (κ2) is 38.5. The fourth-order valence-electron chi connectivity index (χ4n) is 6.67. The summed E-state index contributed by atoms with van der Waals surface area (Å²) in [4.78, 5) is 0. The van der Waals surface area contributed by atoms with Gasteiger partial charge in [0.15, 0.2) is 0 Å². The lowest BCUT2D eigenvalue weighted by Crippen LogP contribution is -2.51. The normalized spacial score (nSPS) is 13.7. The number of rotatable bonds is 40. The Labute approximate surface area is 307 Å². The van der Waals surface area contributed by atoms with E-state index in [1.807, 2.05) is 0 Å². The Bertz CT molecular complexity index is 694. The number of aliphatic hydroxyl groups excluding tert-OH is 2. The number of unbranched alkanes of at least 4 members (excludes halogenated alkanes) is 24. The Morgan fingerprint density at radius 2 is 0.857 bits per heavy atom. The molecule has 0 aliphatic carbocycles. The quantitative estimate of drug-likeness (QED) is 0.0381. The number of hydrogen-bond acceptors (Lipinski definition) is 4. The van der Waals surface area contributed by atoms with Crippen molar-refractivity contribution in [2.24, 2.45) is 0 Å². The molecule has 0 amide bonds. The molecule has 0 spiro atoms. The van der Waals surface area contributed by atoms with Crippen LogP contribution >= 0.6 is 0 Å². The van der Waals surface area contributed by atoms with E-state index in [4.69, 9.17) is 9.47 Å². The number of ether oxygens (including phenoxy) is 2. The Balaban J connectivity index is 3.97. The summed E-state index contributed by atoms with van der Waals surface area (Å²) in [5.41, 5.74) is 0. The van der Waals surface area contributed by atoms with E-state index < -0.39 is 6.10 Å². The van der Waals surface area contributed by atoms with Gasteiger partial charge in [-0.25, -0.2) is 0 Å². The summed E-state index contributed by atoms with van der Waals surface area (Å²) in [5, 5.41) is 19.4. The standard InChI is InChI=1S/C44H88NO4/c1-5-7-9-11-13-15-17-19-21-23-25-27-29-31-33-35-37-48-42-44(40-45(3,4)39-43(47)41-46)49-38-36-34-32-30-28-26-24-22-20-18-16-14-12-10-8-6-2/h19-22,43-44,46-47H,5-18,23-42H2,1-4H3/q+1/t43?,44-/m0/s1. The molecule has 0 fully saturated rings. The summed E-state index contributed by atoms with van der Waals surface area (Å²) in [5.74, 6) is 0. The van der Waals surface area contributed by atoms with Crippen LogP contribution in [0.4, 0.5) is 0 Å². The Morgan fingerprint density at radius 1 is 0.490 bits per heavy atom. The van der Waals surface area contributed by atoms with Gasteiger partial charge >= 0.3 is 0 Å². The topological polar surface area (TPSA) is 58.9 Å². The van der Waals surface area contributed by atoms with Gasteiger partial charge in [-0.2, -0.15) is 0 Å². The first-order chi connectivity index (χ1) is 23.9. The summed E-state index contributed by atoms with van der Waals surface area (Å²) < 4.78 is 13.1. The third-order valence-corrected chi connectivity index (χ3v) is 9.73. The molecule has 2 atom stereocenters. The minimum absolute atomic E-state index is 0.0122. The second-order valence-electron chi connectivity index (χ2n) is 15.6. The van der Waals surface area contributed by atoms with Gasteiger partial charge in [-0.3, -0.25) is 0 Å². The Morgan fingerprint density at radius 3 is 1.27 bits per heavy atom. The molecule has 0 saturated heterocycles. The zero-order valence-electron chi connectivity index (χ0n) is 33.7. The molecule has 5 heteroatoms. The molecule has 2 N–H and O–H groups in total. The molecule has 5 nitrogen and oxygen atoms in total. The van der Waals surface area contributed by atoms with E-state index in [1.165, 1.54) is 167 Å². The van der Waals surface area contributed by atoms with Crippen LogP contribution in [0.1, 0.15) is 194 Å². The van der Waals surface area contributed by atoms with Crippen molar-refractivity contribution >= 4 is 0 Å². The van der Waals surface area contributed by atoms with E-state index in [9.17, 15) is 10.2 Å². The van der Waals surface area contributed by atoms with Gasteiger partial charge in [0.2, 0.25) is 0 Å². The van der Waals surface area contributed by atoms with Crippen LogP contribution in [-0.4, -0.2) is 80.5 Å². The van der Waals surface area contributed by atoms with Crippen molar-refractivity contribution in [3.05, 3.63) is 24.3 Å². The average Bonchev–Trinajstić information content (AvgIpc) is 3.08. The molecule has 0 aromatic heterocycles.